The largest absolute Gasteiger partial charge is 0.330 e. The quantitative estimate of drug-likeness (QED) is 0.702. The number of hydrogen-bond donors (Lipinski definition) is 1. The van der Waals surface area contributed by atoms with Crippen molar-refractivity contribution in [3.8, 4) is 0 Å². The van der Waals surface area contributed by atoms with Gasteiger partial charge in [0.2, 0.25) is 0 Å². The van der Waals surface area contributed by atoms with Crippen molar-refractivity contribution in [2.24, 2.45) is 5.73 Å². The van der Waals surface area contributed by atoms with Crippen molar-refractivity contribution in [1.29, 1.82) is 0 Å². The SMILES string of the molecule is Cc1ccc(CCN)cc1.[2HH].[2H][2H].[2H][2H].[2H][2H].[2H][2H].[2H][2H].[2H][2H].[2H][2H].[2H][2H].[2H][2H].[2H][2H].[2H][2H].[2H][2H].[2H][2H]. The maximum atomic E-state index is 5.40. The van der Waals surface area contributed by atoms with Gasteiger partial charge in [-0.2, -0.15) is 0 Å². The Morgan fingerprint density at radius 1 is 1.40 bits per heavy atom. The third-order valence-corrected chi connectivity index (χ3v) is 1.55. The summed E-state index contributed by atoms with van der Waals surface area (Å²) in [6.45, 7) is 2.83. The second-order valence-corrected chi connectivity index (χ2v) is 2.52. The summed E-state index contributed by atoms with van der Waals surface area (Å²) in [5.74, 6) is 0. The van der Waals surface area contributed by atoms with Crippen LogP contribution in [0.3, 0.4) is 0 Å². The first kappa shape index (κ1) is 1.25. The van der Waals surface area contributed by atoms with E-state index >= 15 is 0 Å². The van der Waals surface area contributed by atoms with Crippen LogP contribution in [0.5, 0.6) is 0 Å². The topological polar surface area (TPSA) is 26.0 Å². The van der Waals surface area contributed by atoms with Crippen molar-refractivity contribution in [3.05, 3.63) is 35.4 Å². The van der Waals surface area contributed by atoms with Crippen LogP contribution in [-0.4, -0.2) is 6.54 Å². The van der Waals surface area contributed by atoms with E-state index in [4.69, 9.17) is 44.3 Å². The van der Waals surface area contributed by atoms with E-state index in [1.165, 1.54) is 11.1 Å². The van der Waals surface area contributed by atoms with E-state index in [1.54, 1.807) is 0 Å². The lowest BCUT2D eigenvalue weighted by molar-refractivity contribution is 0.968. The van der Waals surface area contributed by atoms with Gasteiger partial charge in [0, 0.05) is 40.0 Å². The minimum Gasteiger partial charge on any atom is -0.330 e. The van der Waals surface area contributed by atoms with Gasteiger partial charge in [0.1, 0.15) is 0 Å². The molecule has 2 N–H and O–H groups in total. The first-order valence-corrected chi connectivity index (χ1v) is 3.58. The van der Waals surface area contributed by atoms with Crippen LogP contribution in [0.25, 0.3) is 0 Å². The Bertz CT molecular complexity index is 220. The van der Waals surface area contributed by atoms with Crippen LogP contribution in [-0.2, 0) is 6.42 Å². The van der Waals surface area contributed by atoms with E-state index in [0.29, 0.717) is 0 Å². The molecule has 1 aromatic rings. The predicted molar refractivity (Wildman–Crippen MR) is 73.5 cm³/mol. The smallest absolute Gasteiger partial charge is 0 e. The Balaban J connectivity index is -0.0000000142. The molecule has 1 heteroatoms. The third-order valence-electron chi connectivity index (χ3n) is 1.55. The molecule has 0 amide bonds. The Morgan fingerprint density at radius 2 is 2.00 bits per heavy atom. The van der Waals surface area contributed by atoms with Crippen LogP contribution in [0.2, 0.25) is 0 Å². The monoisotopic (exact) mass is 190 g/mol. The highest BCUT2D eigenvalue weighted by Crippen LogP contribution is 2.02. The zero-order chi connectivity index (χ0) is 33.4. The van der Waals surface area contributed by atoms with Crippen LogP contribution in [0.4, 0.5) is 0 Å². The lowest BCUT2D eigenvalue weighted by Crippen LogP contribution is -2.02. The van der Waals surface area contributed by atoms with Gasteiger partial charge in [0.15, 0.2) is 0 Å². The van der Waals surface area contributed by atoms with Gasteiger partial charge in [-0.25, -0.2) is 0 Å². The second kappa shape index (κ2) is 3.37. The van der Waals surface area contributed by atoms with Crippen molar-refractivity contribution in [1.82, 2.24) is 0 Å². The summed E-state index contributed by atoms with van der Waals surface area (Å²) in [4.78, 5) is 0. The Labute approximate surface area is 103 Å². The molecule has 0 aliphatic carbocycles. The Hall–Kier alpha value is -0.820. The van der Waals surface area contributed by atoms with Gasteiger partial charge in [-0.3, -0.25) is 0 Å². The van der Waals surface area contributed by atoms with E-state index in [0.717, 1.165) is 13.0 Å². The van der Waals surface area contributed by atoms with Crippen molar-refractivity contribution in [3.63, 3.8) is 0 Å². The molecule has 0 fully saturated rings. The van der Waals surface area contributed by atoms with Gasteiger partial charge in [-0.15, -0.1) is 0 Å². The van der Waals surface area contributed by atoms with Crippen molar-refractivity contribution in [2.45, 2.75) is 13.3 Å². The number of nitrogens with two attached hydrogens (primary N) is 1. The summed E-state index contributed by atoms with van der Waals surface area (Å²) in [5, 5.41) is 0. The molecule has 0 aromatic heterocycles. The number of aryl methyl sites for hydroxylation is 1. The maximum Gasteiger partial charge on any atom is 0 e. The first-order valence-electron chi connectivity index (χ1n) is 16.6. The first-order chi connectivity index (χ1) is 17.8. The molecule has 1 aromatic carbocycles. The molecule has 0 aliphatic rings. The molecule has 0 bridgehead atoms. The summed E-state index contributed by atoms with van der Waals surface area (Å²) in [6, 6.07) is 8.49. The molecule has 0 aliphatic heterocycles. The molecule has 0 saturated heterocycles. The summed E-state index contributed by atoms with van der Waals surface area (Å²) >= 11 is 0. The minimum absolute atomic E-state index is 0. The highest BCUT2D eigenvalue weighted by molar-refractivity contribution is 5.21. The standard InChI is InChI=1S/C9H13N.14H2/c1-8-2-4-9(5-3-8)6-7-10;;;;;;;;;;;;;;/h2-5H,6-7,10H2,1H3;14*1H/i;13*1+1D;1+1. The fraction of sp³-hybridized carbons (Fsp3) is 0.333. The van der Waals surface area contributed by atoms with Crippen LogP contribution in [0.1, 0.15) is 51.2 Å². The summed E-state index contributed by atoms with van der Waals surface area (Å²) in [7, 11) is 0. The highest BCUT2D eigenvalue weighted by atomic mass is 14.5. The average Bonchev–Trinajstić information content (AvgIpc) is 3.07. The normalized spacial score (nSPS) is 20.2. The van der Waals surface area contributed by atoms with E-state index in [-0.39, 0.29) is 1.43 Å². The maximum absolute atomic E-state index is 5.40. The molecule has 0 spiro atoms. The fourth-order valence-electron chi connectivity index (χ4n) is 0.921. The predicted octanol–water partition coefficient (Wildman–Crippen LogP) is 4.94. The highest BCUT2D eigenvalue weighted by Gasteiger charge is 1.88. The zero-order valence-corrected chi connectivity index (χ0v) is 6.30. The second-order valence-electron chi connectivity index (χ2n) is 2.52. The molecule has 0 unspecified atom stereocenters. The van der Waals surface area contributed by atoms with Gasteiger partial charge in [0.25, 0.3) is 0 Å². The van der Waals surface area contributed by atoms with Gasteiger partial charge < -0.3 is 5.73 Å². The summed E-state index contributed by atoms with van der Waals surface area (Å²) < 4.78 is 130. The molecule has 82 valence electrons. The van der Waals surface area contributed by atoms with Crippen LogP contribution in [0.15, 0.2) is 24.3 Å². The van der Waals surface area contributed by atoms with E-state index in [1.807, 2.05) is 0 Å². The zero-order valence-electron chi connectivity index (χ0n) is 32.3. The van der Waals surface area contributed by atoms with Crippen LogP contribution in [0, 0.1) is 6.92 Å². The molecule has 10 heavy (non-hydrogen) atoms. The van der Waals surface area contributed by atoms with Gasteiger partial charge in [-0.1, -0.05) is 29.8 Å². The van der Waals surface area contributed by atoms with Crippen molar-refractivity contribution < 1.29 is 40.0 Å². The molecular formula is C9H41N. The molecule has 0 heterocycles. The molecule has 0 radical (unpaired) electrons. The fourth-order valence-corrected chi connectivity index (χ4v) is 0.921. The lowest BCUT2D eigenvalue weighted by Gasteiger charge is -1.97. The molecule has 0 atom stereocenters. The molecule has 1 rings (SSSR count). The summed E-state index contributed by atoms with van der Waals surface area (Å²) in [5.41, 5.74) is 8.03. The van der Waals surface area contributed by atoms with Crippen LogP contribution >= 0.6 is 0 Å². The van der Waals surface area contributed by atoms with Gasteiger partial charge in [0.05, 0.1) is 0 Å². The van der Waals surface area contributed by atoms with Gasteiger partial charge in [-0.05, 0) is 25.5 Å². The van der Waals surface area contributed by atoms with E-state index < -0.39 is 0 Å². The Morgan fingerprint density at radius 3 is 2.50 bits per heavy atom. The van der Waals surface area contributed by atoms with Crippen molar-refractivity contribution >= 4 is 0 Å². The summed E-state index contributed by atoms with van der Waals surface area (Å²) in [6.07, 6.45) is 0.986. The third kappa shape index (κ3) is 1.85. The number of rotatable bonds is 2. The average molecular weight is 191 g/mol. The minimum atomic E-state index is 0. The molecular weight excluding hydrogens is 122 g/mol. The molecule has 1 nitrogen and oxygen atoms in total. The van der Waals surface area contributed by atoms with E-state index in [2.05, 4.69) is 31.2 Å². The lowest BCUT2D eigenvalue weighted by atomic mass is 10.1. The Kier molecular flexibility index (Phi) is 0.421. The van der Waals surface area contributed by atoms with Crippen LogP contribution < -0.4 is 5.73 Å². The number of benzene rings is 1. The van der Waals surface area contributed by atoms with E-state index in [9.17, 15) is 0 Å². The number of hydrogen-bond acceptors (Lipinski definition) is 1. The molecule has 0 saturated carbocycles. The van der Waals surface area contributed by atoms with Crippen molar-refractivity contribution in [2.75, 3.05) is 6.54 Å². The van der Waals surface area contributed by atoms with Gasteiger partial charge >= 0.3 is 0 Å².